The van der Waals surface area contributed by atoms with Crippen LogP contribution < -0.4 is 9.47 Å². The number of rotatable bonds is 10. The summed E-state index contributed by atoms with van der Waals surface area (Å²) in [5.74, 6) is 1.46. The number of carbonyl (C=O) groups is 1. The molecule has 8 nitrogen and oxygen atoms in total. The number of imidazole rings is 1. The van der Waals surface area contributed by atoms with Gasteiger partial charge in [0.1, 0.15) is 23.8 Å². The van der Waals surface area contributed by atoms with Gasteiger partial charge in [-0.15, -0.1) is 0 Å². The Morgan fingerprint density at radius 3 is 2.40 bits per heavy atom. The van der Waals surface area contributed by atoms with Crippen molar-refractivity contribution in [2.24, 2.45) is 0 Å². The van der Waals surface area contributed by atoms with E-state index in [4.69, 9.17) is 21.1 Å². The highest BCUT2D eigenvalue weighted by Gasteiger charge is 2.41. The number of halogens is 1. The van der Waals surface area contributed by atoms with E-state index in [9.17, 15) is 4.79 Å². The number of benzene rings is 3. The lowest BCUT2D eigenvalue weighted by atomic mass is 9.96. The first kappa shape index (κ1) is 25.7. The predicted octanol–water partition coefficient (Wildman–Crippen LogP) is 6.15. The molecule has 2 aromatic heterocycles. The zero-order valence-corrected chi connectivity index (χ0v) is 22.7. The molecule has 5 aromatic rings. The summed E-state index contributed by atoms with van der Waals surface area (Å²) in [4.78, 5) is 19.7. The number of H-pyrrole nitrogens is 1. The third-order valence-corrected chi connectivity index (χ3v) is 7.37. The second-order valence-electron chi connectivity index (χ2n) is 9.63. The van der Waals surface area contributed by atoms with Gasteiger partial charge < -0.3 is 18.9 Å². The number of amides is 1. The molecule has 0 aliphatic carbocycles. The number of hydrogen-bond donors (Lipinski definition) is 1. The minimum atomic E-state index is -0.286. The van der Waals surface area contributed by atoms with E-state index in [-0.39, 0.29) is 11.9 Å². The van der Waals surface area contributed by atoms with Crippen LogP contribution in [0, 0.1) is 0 Å². The molecule has 202 valence electrons. The van der Waals surface area contributed by atoms with E-state index < -0.39 is 0 Å². The van der Waals surface area contributed by atoms with Crippen molar-refractivity contribution in [3.8, 4) is 22.8 Å². The molecule has 1 atom stereocenters. The smallest absolute Gasteiger partial charge is 0.273 e. The topological polar surface area (TPSA) is 85.3 Å². The van der Waals surface area contributed by atoms with Gasteiger partial charge in [0.2, 0.25) is 0 Å². The number of carbonyl (C=O) groups excluding carboxylic acids is 1. The van der Waals surface area contributed by atoms with E-state index in [1.54, 1.807) is 19.6 Å². The maximum absolute atomic E-state index is 13.6. The van der Waals surface area contributed by atoms with E-state index in [0.29, 0.717) is 23.9 Å². The molecule has 1 unspecified atom stereocenters. The van der Waals surface area contributed by atoms with Crippen molar-refractivity contribution < 1.29 is 14.3 Å². The first-order valence-corrected chi connectivity index (χ1v) is 13.4. The lowest BCUT2D eigenvalue weighted by molar-refractivity contribution is 0.0739. The molecule has 1 N–H and O–H groups in total. The van der Waals surface area contributed by atoms with Gasteiger partial charge in [0.25, 0.3) is 5.91 Å². The van der Waals surface area contributed by atoms with Gasteiger partial charge in [-0.2, -0.15) is 5.10 Å². The number of nitrogens with zero attached hydrogens (tertiary/aromatic N) is 4. The zero-order chi connectivity index (χ0) is 27.5. The van der Waals surface area contributed by atoms with Crippen molar-refractivity contribution in [3.63, 3.8) is 0 Å². The van der Waals surface area contributed by atoms with E-state index in [2.05, 4.69) is 15.2 Å². The van der Waals surface area contributed by atoms with Crippen LogP contribution in [-0.4, -0.2) is 44.2 Å². The monoisotopic (exact) mass is 553 g/mol. The van der Waals surface area contributed by atoms with Crippen LogP contribution in [0.2, 0.25) is 5.02 Å². The van der Waals surface area contributed by atoms with E-state index in [1.807, 2.05) is 88.5 Å². The molecule has 1 aliphatic rings. The van der Waals surface area contributed by atoms with Crippen LogP contribution in [0.25, 0.3) is 11.3 Å². The molecule has 1 amide bonds. The van der Waals surface area contributed by atoms with E-state index in [1.165, 1.54) is 0 Å². The number of aromatic nitrogens is 4. The molecule has 0 radical (unpaired) electrons. The molecule has 0 saturated carbocycles. The van der Waals surface area contributed by atoms with E-state index >= 15 is 0 Å². The third-order valence-electron chi connectivity index (χ3n) is 7.12. The minimum Gasteiger partial charge on any atom is -0.497 e. The average Bonchev–Trinajstić information content (AvgIpc) is 3.72. The van der Waals surface area contributed by atoms with Crippen LogP contribution in [0.3, 0.4) is 0 Å². The molecule has 1 aliphatic heterocycles. The van der Waals surface area contributed by atoms with Gasteiger partial charge in [-0.05, 0) is 66.1 Å². The summed E-state index contributed by atoms with van der Waals surface area (Å²) in [6, 6.07) is 23.0. The minimum absolute atomic E-state index is 0.0547. The molecule has 3 aromatic carbocycles. The van der Waals surface area contributed by atoms with Crippen LogP contribution in [0.4, 0.5) is 0 Å². The largest absolute Gasteiger partial charge is 0.497 e. The SMILES string of the molecule is COc1ccc(-c2n[nH]c3c2C(c2ccc(OCc4ccc(Cl)cc4)cc2)N(CCCn2ccnc2)C3=O)cc1. The molecular weight excluding hydrogens is 526 g/mol. The summed E-state index contributed by atoms with van der Waals surface area (Å²) in [6.07, 6.45) is 6.27. The Kier molecular flexibility index (Phi) is 7.25. The fourth-order valence-corrected chi connectivity index (χ4v) is 5.21. The summed E-state index contributed by atoms with van der Waals surface area (Å²) in [5.41, 5.74) is 5.11. The van der Waals surface area contributed by atoms with Crippen molar-refractivity contribution in [1.29, 1.82) is 0 Å². The Bertz CT molecular complexity index is 1580. The molecule has 6 rings (SSSR count). The summed E-state index contributed by atoms with van der Waals surface area (Å²) in [6.45, 7) is 1.79. The zero-order valence-electron chi connectivity index (χ0n) is 22.0. The molecule has 0 fully saturated rings. The first-order chi connectivity index (χ1) is 19.6. The number of nitrogens with one attached hydrogen (secondary N) is 1. The molecular formula is C31H28ClN5O3. The Hall–Kier alpha value is -4.56. The quantitative estimate of drug-likeness (QED) is 0.224. The highest BCUT2D eigenvalue weighted by molar-refractivity contribution is 6.30. The van der Waals surface area contributed by atoms with Gasteiger partial charge in [-0.1, -0.05) is 35.9 Å². The standard InChI is InChI=1S/C31H28ClN5O3/c1-39-25-11-5-22(6-12-25)28-27-29(35-34-28)31(38)37(17-2-16-36-18-15-33-20-36)30(27)23-7-13-26(14-8-23)40-19-21-3-9-24(32)10-4-21/h3-15,18,20,30H,2,16-17,19H2,1H3,(H,34,35). The molecule has 0 bridgehead atoms. The summed E-state index contributed by atoms with van der Waals surface area (Å²) in [7, 11) is 1.64. The second kappa shape index (κ2) is 11.3. The van der Waals surface area contributed by atoms with Crippen molar-refractivity contribution >= 4 is 17.5 Å². The second-order valence-corrected chi connectivity index (χ2v) is 10.1. The van der Waals surface area contributed by atoms with Crippen LogP contribution in [0.15, 0.2) is 91.5 Å². The predicted molar refractivity (Wildman–Crippen MR) is 153 cm³/mol. The molecule has 9 heteroatoms. The average molecular weight is 554 g/mol. The van der Waals surface area contributed by atoms with Crippen LogP contribution in [0.1, 0.15) is 39.6 Å². The van der Waals surface area contributed by atoms with E-state index in [0.717, 1.165) is 52.4 Å². The van der Waals surface area contributed by atoms with Gasteiger partial charge in [0.15, 0.2) is 0 Å². The first-order valence-electron chi connectivity index (χ1n) is 13.1. The fourth-order valence-electron chi connectivity index (χ4n) is 5.08. The summed E-state index contributed by atoms with van der Waals surface area (Å²) in [5, 5.41) is 8.30. The maximum Gasteiger partial charge on any atom is 0.273 e. The molecule has 0 saturated heterocycles. The number of hydrogen-bond acceptors (Lipinski definition) is 5. The van der Waals surface area contributed by atoms with Gasteiger partial charge in [-0.3, -0.25) is 9.89 Å². The third kappa shape index (κ3) is 5.18. The van der Waals surface area contributed by atoms with Crippen LogP contribution in [-0.2, 0) is 13.2 Å². The van der Waals surface area contributed by atoms with Crippen LogP contribution in [0.5, 0.6) is 11.5 Å². The highest BCUT2D eigenvalue weighted by atomic mass is 35.5. The number of fused-ring (bicyclic) bond motifs is 1. The number of aromatic amines is 1. The Morgan fingerprint density at radius 2 is 1.70 bits per heavy atom. The Labute approximate surface area is 237 Å². The molecule has 40 heavy (non-hydrogen) atoms. The highest BCUT2D eigenvalue weighted by Crippen LogP contribution is 2.43. The van der Waals surface area contributed by atoms with Gasteiger partial charge in [-0.25, -0.2) is 4.98 Å². The Balaban J connectivity index is 1.28. The lowest BCUT2D eigenvalue weighted by Gasteiger charge is -2.26. The number of aryl methyl sites for hydroxylation is 1. The molecule has 3 heterocycles. The summed E-state index contributed by atoms with van der Waals surface area (Å²) >= 11 is 5.99. The normalized spacial score (nSPS) is 14.4. The van der Waals surface area contributed by atoms with Crippen molar-refractivity contribution in [1.82, 2.24) is 24.6 Å². The van der Waals surface area contributed by atoms with Gasteiger partial charge >= 0.3 is 0 Å². The van der Waals surface area contributed by atoms with Crippen molar-refractivity contribution in [2.75, 3.05) is 13.7 Å². The van der Waals surface area contributed by atoms with Crippen LogP contribution >= 0.6 is 11.6 Å². The molecule has 0 spiro atoms. The van der Waals surface area contributed by atoms with Gasteiger partial charge in [0.05, 0.1) is 25.2 Å². The van der Waals surface area contributed by atoms with Crippen molar-refractivity contribution in [3.05, 3.63) is 119 Å². The fraction of sp³-hybridized carbons (Fsp3) is 0.194. The number of ether oxygens (including phenoxy) is 2. The number of methoxy groups -OCH3 is 1. The summed E-state index contributed by atoms with van der Waals surface area (Å²) < 4.78 is 13.4. The maximum atomic E-state index is 13.6. The van der Waals surface area contributed by atoms with Crippen molar-refractivity contribution in [2.45, 2.75) is 25.6 Å². The lowest BCUT2D eigenvalue weighted by Crippen LogP contribution is -2.31. The van der Waals surface area contributed by atoms with Gasteiger partial charge in [0, 0.05) is 41.6 Å². The Morgan fingerprint density at radius 1 is 0.950 bits per heavy atom.